The molecule has 26 heavy (non-hydrogen) atoms. The number of nitrogens with zero attached hydrogens (tertiary/aromatic N) is 3. The van der Waals surface area contributed by atoms with Gasteiger partial charge in [-0.1, -0.05) is 12.1 Å². The molecule has 2 heterocycles. The van der Waals surface area contributed by atoms with E-state index in [0.29, 0.717) is 32.1 Å². The Morgan fingerprint density at radius 2 is 1.77 bits per heavy atom. The second kappa shape index (κ2) is 8.03. The number of hydrogen-bond acceptors (Lipinski definition) is 4. The van der Waals surface area contributed by atoms with Gasteiger partial charge in [0.2, 0.25) is 0 Å². The van der Waals surface area contributed by atoms with Crippen molar-refractivity contribution in [2.45, 2.75) is 44.9 Å². The topological polar surface area (TPSA) is 47.0 Å². The number of aliphatic hydroxyl groups is 1. The van der Waals surface area contributed by atoms with Crippen LogP contribution >= 0.6 is 0 Å². The van der Waals surface area contributed by atoms with Gasteiger partial charge in [0.05, 0.1) is 0 Å². The molecule has 0 spiro atoms. The highest BCUT2D eigenvalue weighted by atomic mass is 19.1. The van der Waals surface area contributed by atoms with E-state index >= 15 is 0 Å². The van der Waals surface area contributed by atoms with Crippen molar-refractivity contribution in [2.75, 3.05) is 39.3 Å². The molecule has 5 nitrogen and oxygen atoms in total. The van der Waals surface area contributed by atoms with Crippen LogP contribution in [0.1, 0.15) is 32.3 Å². The van der Waals surface area contributed by atoms with Gasteiger partial charge < -0.3 is 10.0 Å². The summed E-state index contributed by atoms with van der Waals surface area (Å²) < 4.78 is 13.1. The Balaban J connectivity index is 1.60. The first-order chi connectivity index (χ1) is 12.4. The largest absolute Gasteiger partial charge is 0.379 e. The Labute approximate surface area is 155 Å². The van der Waals surface area contributed by atoms with Gasteiger partial charge in [-0.15, -0.1) is 0 Å². The fraction of sp³-hybridized carbons (Fsp3) is 0.650. The van der Waals surface area contributed by atoms with Crippen molar-refractivity contribution < 1.29 is 14.3 Å². The molecule has 0 radical (unpaired) electrons. The van der Waals surface area contributed by atoms with Crippen LogP contribution < -0.4 is 0 Å². The van der Waals surface area contributed by atoms with Crippen LogP contribution in [0.2, 0.25) is 0 Å². The standard InChI is InChI=1S/C20H30FN3O2/c1-16(2)23-12-10-22(11-13-23)15-20(26)8-3-9-24(19(20)25)14-17-4-6-18(21)7-5-17/h4-7,16,26H,3,8-15H2,1-2H3/t20-/m0/s1. The minimum absolute atomic E-state index is 0.195. The van der Waals surface area contributed by atoms with Crippen LogP contribution in [-0.2, 0) is 11.3 Å². The van der Waals surface area contributed by atoms with Crippen LogP contribution in [0.4, 0.5) is 4.39 Å². The molecule has 2 aliphatic heterocycles. The first-order valence-corrected chi connectivity index (χ1v) is 9.60. The average molecular weight is 363 g/mol. The van der Waals surface area contributed by atoms with E-state index in [9.17, 15) is 14.3 Å². The summed E-state index contributed by atoms with van der Waals surface area (Å²) in [6.07, 6.45) is 1.30. The summed E-state index contributed by atoms with van der Waals surface area (Å²) in [5.41, 5.74) is -0.423. The van der Waals surface area contributed by atoms with Crippen molar-refractivity contribution in [1.29, 1.82) is 0 Å². The molecule has 0 bridgehead atoms. The summed E-state index contributed by atoms with van der Waals surface area (Å²) in [7, 11) is 0. The van der Waals surface area contributed by atoms with E-state index < -0.39 is 5.60 Å². The molecule has 3 rings (SSSR count). The fourth-order valence-electron chi connectivity index (χ4n) is 3.98. The molecule has 1 amide bonds. The molecule has 2 fully saturated rings. The third-order valence-electron chi connectivity index (χ3n) is 5.61. The van der Waals surface area contributed by atoms with Crippen LogP contribution in [0, 0.1) is 5.82 Å². The van der Waals surface area contributed by atoms with E-state index in [1.54, 1.807) is 17.0 Å². The Morgan fingerprint density at radius 1 is 1.12 bits per heavy atom. The zero-order valence-corrected chi connectivity index (χ0v) is 15.8. The van der Waals surface area contributed by atoms with Crippen LogP contribution in [0.15, 0.2) is 24.3 Å². The average Bonchev–Trinajstić information content (AvgIpc) is 2.61. The highest BCUT2D eigenvalue weighted by molar-refractivity contribution is 5.86. The van der Waals surface area contributed by atoms with E-state index in [2.05, 4.69) is 23.6 Å². The van der Waals surface area contributed by atoms with Crippen molar-refractivity contribution in [3.8, 4) is 0 Å². The van der Waals surface area contributed by atoms with E-state index in [1.165, 1.54) is 12.1 Å². The van der Waals surface area contributed by atoms with E-state index in [0.717, 1.165) is 38.2 Å². The van der Waals surface area contributed by atoms with Crippen molar-refractivity contribution in [2.24, 2.45) is 0 Å². The van der Waals surface area contributed by atoms with Gasteiger partial charge in [0, 0.05) is 51.9 Å². The van der Waals surface area contributed by atoms with Crippen LogP contribution in [0.5, 0.6) is 0 Å². The number of rotatable bonds is 5. The lowest BCUT2D eigenvalue weighted by Crippen LogP contribution is -2.60. The second-order valence-electron chi connectivity index (χ2n) is 7.89. The fourth-order valence-corrected chi connectivity index (χ4v) is 3.98. The van der Waals surface area contributed by atoms with Gasteiger partial charge >= 0.3 is 0 Å². The number of benzene rings is 1. The smallest absolute Gasteiger partial charge is 0.256 e. The molecule has 1 aromatic carbocycles. The van der Waals surface area contributed by atoms with Gasteiger partial charge in [-0.3, -0.25) is 14.6 Å². The van der Waals surface area contributed by atoms with Gasteiger partial charge in [-0.05, 0) is 44.4 Å². The van der Waals surface area contributed by atoms with Gasteiger partial charge in [0.1, 0.15) is 5.82 Å². The summed E-state index contributed by atoms with van der Waals surface area (Å²) >= 11 is 0. The van der Waals surface area contributed by atoms with Gasteiger partial charge in [0.15, 0.2) is 5.60 Å². The van der Waals surface area contributed by atoms with Crippen LogP contribution in [0.3, 0.4) is 0 Å². The molecule has 1 aromatic rings. The Morgan fingerprint density at radius 3 is 2.38 bits per heavy atom. The third-order valence-corrected chi connectivity index (χ3v) is 5.61. The quantitative estimate of drug-likeness (QED) is 0.865. The zero-order valence-electron chi connectivity index (χ0n) is 15.8. The molecular weight excluding hydrogens is 333 g/mol. The van der Waals surface area contributed by atoms with Crippen molar-refractivity contribution >= 4 is 5.91 Å². The molecule has 144 valence electrons. The first-order valence-electron chi connectivity index (χ1n) is 9.60. The number of likely N-dealkylation sites (tertiary alicyclic amines) is 1. The highest BCUT2D eigenvalue weighted by Crippen LogP contribution is 2.26. The molecule has 0 aromatic heterocycles. The summed E-state index contributed by atoms with van der Waals surface area (Å²) in [5, 5.41) is 11.1. The summed E-state index contributed by atoms with van der Waals surface area (Å²) in [6, 6.07) is 6.74. The van der Waals surface area contributed by atoms with E-state index in [4.69, 9.17) is 0 Å². The number of carbonyl (C=O) groups is 1. The minimum Gasteiger partial charge on any atom is -0.379 e. The Hall–Kier alpha value is -1.50. The lowest BCUT2D eigenvalue weighted by Gasteiger charge is -2.43. The van der Waals surface area contributed by atoms with Crippen molar-refractivity contribution in [3.05, 3.63) is 35.6 Å². The van der Waals surface area contributed by atoms with Crippen LogP contribution in [-0.4, -0.2) is 76.6 Å². The summed E-state index contributed by atoms with van der Waals surface area (Å²) in [5.74, 6) is -0.477. The summed E-state index contributed by atoms with van der Waals surface area (Å²) in [6.45, 7) is 9.56. The number of carbonyl (C=O) groups excluding carboxylic acids is 1. The molecule has 6 heteroatoms. The lowest BCUT2D eigenvalue weighted by atomic mass is 9.90. The minimum atomic E-state index is -1.31. The molecule has 2 aliphatic rings. The van der Waals surface area contributed by atoms with E-state index in [1.807, 2.05) is 0 Å². The molecule has 0 saturated carbocycles. The Bertz CT molecular complexity index is 614. The highest BCUT2D eigenvalue weighted by Gasteiger charge is 2.43. The van der Waals surface area contributed by atoms with E-state index in [-0.39, 0.29) is 11.7 Å². The predicted molar refractivity (Wildman–Crippen MR) is 99.1 cm³/mol. The monoisotopic (exact) mass is 363 g/mol. The Kier molecular flexibility index (Phi) is 5.95. The number of halogens is 1. The molecule has 1 N–H and O–H groups in total. The molecule has 1 atom stereocenters. The molecular formula is C20H30FN3O2. The second-order valence-corrected chi connectivity index (χ2v) is 7.89. The maximum atomic E-state index is 13.1. The number of amides is 1. The molecule has 2 saturated heterocycles. The maximum absolute atomic E-state index is 13.1. The number of hydrogen-bond donors (Lipinski definition) is 1. The van der Waals surface area contributed by atoms with Crippen molar-refractivity contribution in [3.63, 3.8) is 0 Å². The zero-order chi connectivity index (χ0) is 18.7. The molecule has 0 aliphatic carbocycles. The first kappa shape index (κ1) is 19.3. The lowest BCUT2D eigenvalue weighted by molar-refractivity contribution is -0.160. The maximum Gasteiger partial charge on any atom is 0.256 e. The third kappa shape index (κ3) is 4.42. The predicted octanol–water partition coefficient (Wildman–Crippen LogP) is 1.71. The van der Waals surface area contributed by atoms with Crippen molar-refractivity contribution in [1.82, 2.24) is 14.7 Å². The number of piperidine rings is 1. The van der Waals surface area contributed by atoms with Crippen LogP contribution in [0.25, 0.3) is 0 Å². The normalized spacial score (nSPS) is 25.9. The SMILES string of the molecule is CC(C)N1CCN(C[C@@]2(O)CCCN(Cc3ccc(F)cc3)C2=O)CC1. The molecule has 0 unspecified atom stereocenters. The summed E-state index contributed by atoms with van der Waals surface area (Å²) in [4.78, 5) is 19.3. The number of piperazine rings is 1. The number of β-amino-alcohol motifs (C(OH)–C–C–N with tert-alkyl or cyclic N) is 1. The van der Waals surface area contributed by atoms with Gasteiger partial charge in [0.25, 0.3) is 5.91 Å². The van der Waals surface area contributed by atoms with Gasteiger partial charge in [-0.25, -0.2) is 4.39 Å². The van der Waals surface area contributed by atoms with Gasteiger partial charge in [-0.2, -0.15) is 0 Å².